The summed E-state index contributed by atoms with van der Waals surface area (Å²) in [5.74, 6) is -2.06. The fourth-order valence-electron chi connectivity index (χ4n) is 3.33. The van der Waals surface area contributed by atoms with Gasteiger partial charge >= 0.3 is 0 Å². The monoisotopic (exact) mass is 523 g/mol. The van der Waals surface area contributed by atoms with Gasteiger partial charge in [0.25, 0.3) is 21.6 Å². The minimum absolute atomic E-state index is 0.0697. The standard InChI is InChI=1S/C23H17Cl2F2N3O3S/c24-16-3-8-19(9-4-16)34(32,33)30(21-13-17(25)5-10-20(21)27)23(14-29-23)22(31)28-12-11-15-1-6-18(26)7-2-15/h1-10,13-14H,11-12H2,(H,28,31)/t23-/m1/s1. The summed E-state index contributed by atoms with van der Waals surface area (Å²) in [6.07, 6.45) is 1.48. The van der Waals surface area contributed by atoms with Crippen molar-refractivity contribution < 1.29 is 22.0 Å². The molecule has 1 atom stereocenters. The Hall–Kier alpha value is -3.01. The molecule has 0 aromatic heterocycles. The fraction of sp³-hybridized carbons (Fsp3) is 0.130. The molecule has 0 radical (unpaired) electrons. The number of hydrogen-bond donors (Lipinski definition) is 1. The minimum Gasteiger partial charge on any atom is -0.352 e. The number of amides is 1. The molecule has 11 heteroatoms. The van der Waals surface area contributed by atoms with E-state index in [0.29, 0.717) is 15.7 Å². The van der Waals surface area contributed by atoms with Crippen molar-refractivity contribution >= 4 is 51.0 Å². The van der Waals surface area contributed by atoms with E-state index in [1.54, 1.807) is 12.1 Å². The third-order valence-corrected chi connectivity index (χ3v) is 7.42. The Morgan fingerprint density at radius 1 is 0.971 bits per heavy atom. The maximum atomic E-state index is 14.9. The second kappa shape index (κ2) is 9.32. The highest BCUT2D eigenvalue weighted by Crippen LogP contribution is 2.39. The van der Waals surface area contributed by atoms with Crippen LogP contribution in [0.3, 0.4) is 0 Å². The first-order chi connectivity index (χ1) is 16.1. The van der Waals surface area contributed by atoms with Gasteiger partial charge < -0.3 is 5.32 Å². The maximum Gasteiger partial charge on any atom is 0.275 e. The second-order valence-electron chi connectivity index (χ2n) is 7.44. The SMILES string of the molecule is O=C(NCCc1ccc(F)cc1)[C@]1(N(c2cc(Cl)ccc2F)S(=O)(=O)c2ccc(Cl)cc2)C=N1. The van der Waals surface area contributed by atoms with Gasteiger partial charge in [-0.2, -0.15) is 0 Å². The summed E-state index contributed by atoms with van der Waals surface area (Å²) in [6.45, 7) is 0.114. The molecule has 1 amide bonds. The lowest BCUT2D eigenvalue weighted by Gasteiger charge is -2.31. The third kappa shape index (κ3) is 4.77. The molecule has 176 valence electrons. The molecule has 1 heterocycles. The Labute approximate surface area is 204 Å². The van der Waals surface area contributed by atoms with E-state index in [4.69, 9.17) is 23.2 Å². The van der Waals surface area contributed by atoms with Gasteiger partial charge in [0.2, 0.25) is 0 Å². The number of nitrogens with one attached hydrogen (secondary N) is 1. The van der Waals surface area contributed by atoms with Crippen LogP contribution in [-0.2, 0) is 21.2 Å². The summed E-state index contributed by atoms with van der Waals surface area (Å²) in [5.41, 5.74) is -1.68. The quantitative estimate of drug-likeness (QED) is 0.468. The fourth-order valence-corrected chi connectivity index (χ4v) is 5.25. The van der Waals surface area contributed by atoms with Crippen LogP contribution in [0.25, 0.3) is 0 Å². The molecule has 0 unspecified atom stereocenters. The van der Waals surface area contributed by atoms with Crippen molar-refractivity contribution in [2.75, 3.05) is 10.8 Å². The van der Waals surface area contributed by atoms with Crippen LogP contribution in [0.1, 0.15) is 5.56 Å². The van der Waals surface area contributed by atoms with Crippen LogP contribution >= 0.6 is 23.2 Å². The molecule has 1 N–H and O–H groups in total. The van der Waals surface area contributed by atoms with Crippen molar-refractivity contribution in [3.05, 3.63) is 94.0 Å². The molecular formula is C23H17Cl2F2N3O3S. The summed E-state index contributed by atoms with van der Waals surface area (Å²) < 4.78 is 55.8. The number of aliphatic imine (C=N–C) groups is 1. The second-order valence-corrected chi connectivity index (χ2v) is 10.1. The molecule has 4 rings (SSSR count). The van der Waals surface area contributed by atoms with Gasteiger partial charge in [0.15, 0.2) is 0 Å². The smallest absolute Gasteiger partial charge is 0.275 e. The van der Waals surface area contributed by atoms with Crippen molar-refractivity contribution in [3.8, 4) is 0 Å². The number of nitrogens with zero attached hydrogens (tertiary/aromatic N) is 2. The van der Waals surface area contributed by atoms with E-state index in [1.165, 1.54) is 42.5 Å². The Morgan fingerprint density at radius 3 is 2.21 bits per heavy atom. The molecule has 6 nitrogen and oxygen atoms in total. The predicted molar refractivity (Wildman–Crippen MR) is 127 cm³/mol. The number of benzene rings is 3. The van der Waals surface area contributed by atoms with Gasteiger partial charge in [-0.1, -0.05) is 35.3 Å². The number of anilines is 1. The zero-order valence-corrected chi connectivity index (χ0v) is 19.7. The first-order valence-electron chi connectivity index (χ1n) is 9.99. The summed E-state index contributed by atoms with van der Waals surface area (Å²) in [6, 6.07) is 14.3. The number of halogens is 4. The molecule has 0 saturated heterocycles. The van der Waals surface area contributed by atoms with Gasteiger partial charge in [0, 0.05) is 16.6 Å². The average Bonchev–Trinajstić information content (AvgIpc) is 3.59. The maximum absolute atomic E-state index is 14.9. The highest BCUT2D eigenvalue weighted by atomic mass is 35.5. The van der Waals surface area contributed by atoms with Crippen LogP contribution in [0.5, 0.6) is 0 Å². The Bertz CT molecular complexity index is 1360. The first-order valence-corrected chi connectivity index (χ1v) is 12.2. The van der Waals surface area contributed by atoms with Gasteiger partial charge in [-0.15, -0.1) is 0 Å². The van der Waals surface area contributed by atoms with Gasteiger partial charge in [-0.3, -0.25) is 4.79 Å². The van der Waals surface area contributed by atoms with Crippen LogP contribution in [0.15, 0.2) is 76.6 Å². The van der Waals surface area contributed by atoms with E-state index in [-0.39, 0.29) is 22.3 Å². The van der Waals surface area contributed by atoms with Gasteiger partial charge in [0.05, 0.1) is 16.8 Å². The molecule has 0 aliphatic carbocycles. The van der Waals surface area contributed by atoms with Crippen molar-refractivity contribution in [3.63, 3.8) is 0 Å². The molecule has 0 spiro atoms. The minimum atomic E-state index is -4.48. The number of hydrogen-bond acceptors (Lipinski definition) is 4. The Morgan fingerprint density at radius 2 is 1.59 bits per heavy atom. The zero-order chi connectivity index (χ0) is 24.5. The zero-order valence-electron chi connectivity index (χ0n) is 17.4. The molecule has 1 aliphatic rings. The normalized spacial score (nSPS) is 16.8. The lowest BCUT2D eigenvalue weighted by atomic mass is 10.1. The van der Waals surface area contributed by atoms with E-state index >= 15 is 0 Å². The van der Waals surface area contributed by atoms with E-state index in [0.717, 1.165) is 23.9 Å². The first kappa shape index (κ1) is 24.1. The number of sulfonamides is 1. The molecule has 34 heavy (non-hydrogen) atoms. The lowest BCUT2D eigenvalue weighted by molar-refractivity contribution is -0.122. The summed E-state index contributed by atoms with van der Waals surface area (Å²) in [5, 5.41) is 3.00. The van der Waals surface area contributed by atoms with Gasteiger partial charge in [-0.25, -0.2) is 26.5 Å². The van der Waals surface area contributed by atoms with Crippen molar-refractivity contribution in [1.29, 1.82) is 0 Å². The summed E-state index contributed by atoms with van der Waals surface area (Å²) in [7, 11) is -4.48. The molecular weight excluding hydrogens is 507 g/mol. The molecule has 3 aromatic carbocycles. The largest absolute Gasteiger partial charge is 0.352 e. The molecule has 0 saturated carbocycles. The van der Waals surface area contributed by atoms with Crippen LogP contribution in [0.2, 0.25) is 10.0 Å². The van der Waals surface area contributed by atoms with E-state index < -0.39 is 33.1 Å². The molecule has 3 aromatic rings. The van der Waals surface area contributed by atoms with Crippen molar-refractivity contribution in [2.24, 2.45) is 4.99 Å². The van der Waals surface area contributed by atoms with E-state index in [9.17, 15) is 22.0 Å². The van der Waals surface area contributed by atoms with Gasteiger partial charge in [0.1, 0.15) is 11.6 Å². The van der Waals surface area contributed by atoms with Crippen molar-refractivity contribution in [2.45, 2.75) is 17.0 Å². The topological polar surface area (TPSA) is 78.8 Å². The molecule has 1 aliphatic heterocycles. The highest BCUT2D eigenvalue weighted by Gasteiger charge is 2.56. The third-order valence-electron chi connectivity index (χ3n) is 5.11. The lowest BCUT2D eigenvalue weighted by Crippen LogP contribution is -2.55. The van der Waals surface area contributed by atoms with Crippen LogP contribution in [0.4, 0.5) is 14.5 Å². The Balaban J connectivity index is 1.67. The Kier molecular flexibility index (Phi) is 6.62. The van der Waals surface area contributed by atoms with Crippen molar-refractivity contribution in [1.82, 2.24) is 5.32 Å². The molecule has 0 fully saturated rings. The highest BCUT2D eigenvalue weighted by molar-refractivity contribution is 7.93. The van der Waals surface area contributed by atoms with Gasteiger partial charge in [-0.05, 0) is 66.6 Å². The number of carbonyl (C=O) groups excluding carboxylic acids is 1. The van der Waals surface area contributed by atoms with Crippen LogP contribution < -0.4 is 9.62 Å². The summed E-state index contributed by atoms with van der Waals surface area (Å²) in [4.78, 5) is 16.9. The number of carbonyl (C=O) groups is 1. The van der Waals surface area contributed by atoms with E-state index in [1.807, 2.05) is 0 Å². The van der Waals surface area contributed by atoms with Crippen LogP contribution in [-0.4, -0.2) is 32.7 Å². The average molecular weight is 524 g/mol. The van der Waals surface area contributed by atoms with Crippen LogP contribution in [0, 0.1) is 11.6 Å². The predicted octanol–water partition coefficient (Wildman–Crippen LogP) is 4.61. The summed E-state index contributed by atoms with van der Waals surface area (Å²) >= 11 is 11.9. The number of rotatable bonds is 8. The van der Waals surface area contributed by atoms with E-state index in [2.05, 4.69) is 10.3 Å². The molecule has 0 bridgehead atoms.